The molecule has 1 aromatic rings. The Morgan fingerprint density at radius 3 is 2.53 bits per heavy atom. The van der Waals surface area contributed by atoms with E-state index >= 15 is 0 Å². The van der Waals surface area contributed by atoms with Crippen molar-refractivity contribution in [3.63, 3.8) is 0 Å². The average molecular weight is 295 g/mol. The number of piperidine rings is 1. The standard InChI is InChI=1S/C14H19BrN2/c1-11-6-5-7-12(2)17(11)16-10-13-8-3-4-9-14(13)15/h3-4,8-12H,5-7H2,1-2H3. The van der Waals surface area contributed by atoms with Crippen molar-refractivity contribution in [2.45, 2.75) is 45.2 Å². The van der Waals surface area contributed by atoms with Crippen molar-refractivity contribution < 1.29 is 0 Å². The highest BCUT2D eigenvalue weighted by atomic mass is 79.9. The molecule has 0 radical (unpaired) electrons. The third-order valence-electron chi connectivity index (χ3n) is 3.38. The lowest BCUT2D eigenvalue weighted by Crippen LogP contribution is -2.39. The van der Waals surface area contributed by atoms with Crippen molar-refractivity contribution in [3.8, 4) is 0 Å². The van der Waals surface area contributed by atoms with Crippen molar-refractivity contribution in [2.75, 3.05) is 0 Å². The zero-order chi connectivity index (χ0) is 12.3. The van der Waals surface area contributed by atoms with Gasteiger partial charge in [0.05, 0.1) is 6.21 Å². The summed E-state index contributed by atoms with van der Waals surface area (Å²) in [6, 6.07) is 9.29. The molecular formula is C14H19BrN2. The summed E-state index contributed by atoms with van der Waals surface area (Å²) in [4.78, 5) is 0. The summed E-state index contributed by atoms with van der Waals surface area (Å²) < 4.78 is 1.10. The Morgan fingerprint density at radius 2 is 1.88 bits per heavy atom. The van der Waals surface area contributed by atoms with Crippen LogP contribution in [0.3, 0.4) is 0 Å². The zero-order valence-electron chi connectivity index (χ0n) is 10.4. The lowest BCUT2D eigenvalue weighted by Gasteiger charge is -2.36. The first-order valence-corrected chi connectivity index (χ1v) is 7.04. The predicted molar refractivity (Wildman–Crippen MR) is 76.4 cm³/mol. The van der Waals surface area contributed by atoms with E-state index in [-0.39, 0.29) is 0 Å². The number of halogens is 1. The van der Waals surface area contributed by atoms with Gasteiger partial charge in [0, 0.05) is 22.1 Å². The molecule has 1 saturated heterocycles. The van der Waals surface area contributed by atoms with Crippen molar-refractivity contribution in [1.82, 2.24) is 5.01 Å². The van der Waals surface area contributed by atoms with Crippen molar-refractivity contribution in [1.29, 1.82) is 0 Å². The first-order chi connectivity index (χ1) is 8.18. The van der Waals surface area contributed by atoms with E-state index in [1.165, 1.54) is 19.3 Å². The SMILES string of the molecule is CC1CCCC(C)N1N=Cc1ccccc1Br. The van der Waals surface area contributed by atoms with Gasteiger partial charge in [-0.3, -0.25) is 5.01 Å². The highest BCUT2D eigenvalue weighted by molar-refractivity contribution is 9.10. The molecule has 1 fully saturated rings. The minimum Gasteiger partial charge on any atom is -0.292 e. The van der Waals surface area contributed by atoms with Crippen LogP contribution in [0.2, 0.25) is 0 Å². The molecule has 3 heteroatoms. The molecule has 2 nitrogen and oxygen atoms in total. The molecule has 2 rings (SSSR count). The van der Waals surface area contributed by atoms with Crippen LogP contribution in [0, 0.1) is 0 Å². The Morgan fingerprint density at radius 1 is 1.24 bits per heavy atom. The molecule has 0 amide bonds. The Balaban J connectivity index is 2.11. The minimum absolute atomic E-state index is 0.553. The van der Waals surface area contributed by atoms with Crippen LogP contribution in [-0.4, -0.2) is 23.3 Å². The molecule has 17 heavy (non-hydrogen) atoms. The maximum Gasteiger partial charge on any atom is 0.0554 e. The Labute approximate surface area is 112 Å². The minimum atomic E-state index is 0.553. The molecule has 0 aliphatic carbocycles. The van der Waals surface area contributed by atoms with Crippen LogP contribution in [0.4, 0.5) is 0 Å². The lowest BCUT2D eigenvalue weighted by atomic mass is 10.00. The van der Waals surface area contributed by atoms with E-state index in [2.05, 4.69) is 46.0 Å². The van der Waals surface area contributed by atoms with Gasteiger partial charge in [0.25, 0.3) is 0 Å². The van der Waals surface area contributed by atoms with Gasteiger partial charge in [-0.1, -0.05) is 34.1 Å². The highest BCUT2D eigenvalue weighted by Crippen LogP contribution is 2.23. The second-order valence-electron chi connectivity index (χ2n) is 4.78. The molecule has 0 saturated carbocycles. The summed E-state index contributed by atoms with van der Waals surface area (Å²) in [7, 11) is 0. The molecule has 1 aromatic carbocycles. The van der Waals surface area contributed by atoms with Gasteiger partial charge in [0.2, 0.25) is 0 Å². The van der Waals surface area contributed by atoms with Crippen LogP contribution in [0.15, 0.2) is 33.8 Å². The zero-order valence-corrected chi connectivity index (χ0v) is 12.0. The Hall–Kier alpha value is -0.830. The summed E-state index contributed by atoms with van der Waals surface area (Å²) in [5.41, 5.74) is 1.14. The highest BCUT2D eigenvalue weighted by Gasteiger charge is 2.22. The van der Waals surface area contributed by atoms with Crippen LogP contribution in [0.25, 0.3) is 0 Å². The molecule has 0 aromatic heterocycles. The largest absolute Gasteiger partial charge is 0.292 e. The van der Waals surface area contributed by atoms with E-state index in [0.717, 1.165) is 10.0 Å². The van der Waals surface area contributed by atoms with E-state index in [9.17, 15) is 0 Å². The van der Waals surface area contributed by atoms with Crippen molar-refractivity contribution >= 4 is 22.1 Å². The number of rotatable bonds is 2. The van der Waals surface area contributed by atoms with Gasteiger partial charge in [-0.25, -0.2) is 0 Å². The topological polar surface area (TPSA) is 15.6 Å². The number of benzene rings is 1. The van der Waals surface area contributed by atoms with E-state index in [1.54, 1.807) is 0 Å². The van der Waals surface area contributed by atoms with Crippen LogP contribution in [0.1, 0.15) is 38.7 Å². The van der Waals surface area contributed by atoms with Gasteiger partial charge >= 0.3 is 0 Å². The number of hydrogen-bond donors (Lipinski definition) is 0. The van der Waals surface area contributed by atoms with Gasteiger partial charge in [0.1, 0.15) is 0 Å². The smallest absolute Gasteiger partial charge is 0.0554 e. The third-order valence-corrected chi connectivity index (χ3v) is 4.10. The first kappa shape index (κ1) is 12.6. The molecule has 1 heterocycles. The molecule has 0 N–H and O–H groups in total. The van der Waals surface area contributed by atoms with Gasteiger partial charge in [-0.05, 0) is 39.2 Å². The second kappa shape index (κ2) is 5.67. The molecule has 0 bridgehead atoms. The summed E-state index contributed by atoms with van der Waals surface area (Å²) in [5.74, 6) is 0. The molecule has 2 unspecified atom stereocenters. The monoisotopic (exact) mass is 294 g/mol. The van der Waals surface area contributed by atoms with E-state index in [1.807, 2.05) is 24.4 Å². The fourth-order valence-electron chi connectivity index (χ4n) is 2.34. The van der Waals surface area contributed by atoms with Crippen LogP contribution in [0.5, 0.6) is 0 Å². The maximum atomic E-state index is 4.65. The normalized spacial score (nSPS) is 25.5. The lowest BCUT2D eigenvalue weighted by molar-refractivity contribution is 0.109. The van der Waals surface area contributed by atoms with E-state index in [4.69, 9.17) is 0 Å². The van der Waals surface area contributed by atoms with Crippen LogP contribution < -0.4 is 0 Å². The molecule has 1 aliphatic rings. The van der Waals surface area contributed by atoms with Crippen LogP contribution in [-0.2, 0) is 0 Å². The van der Waals surface area contributed by atoms with Gasteiger partial charge in [-0.15, -0.1) is 0 Å². The van der Waals surface area contributed by atoms with Gasteiger partial charge < -0.3 is 0 Å². The van der Waals surface area contributed by atoms with E-state index in [0.29, 0.717) is 12.1 Å². The molecule has 92 valence electrons. The van der Waals surface area contributed by atoms with Crippen molar-refractivity contribution in [2.24, 2.45) is 5.10 Å². The fourth-order valence-corrected chi connectivity index (χ4v) is 2.73. The summed E-state index contributed by atoms with van der Waals surface area (Å²) in [6.07, 6.45) is 5.78. The van der Waals surface area contributed by atoms with Crippen molar-refractivity contribution in [3.05, 3.63) is 34.3 Å². The Bertz CT molecular complexity index is 393. The number of hydrogen-bond acceptors (Lipinski definition) is 2. The predicted octanol–water partition coefficient (Wildman–Crippen LogP) is 4.05. The third kappa shape index (κ3) is 3.09. The van der Waals surface area contributed by atoms with Gasteiger partial charge in [-0.2, -0.15) is 5.10 Å². The first-order valence-electron chi connectivity index (χ1n) is 6.25. The summed E-state index contributed by atoms with van der Waals surface area (Å²) >= 11 is 3.54. The molecule has 0 spiro atoms. The number of nitrogens with zero attached hydrogens (tertiary/aromatic N) is 2. The summed E-state index contributed by atoms with van der Waals surface area (Å²) in [5, 5.41) is 6.89. The molecule has 2 atom stereocenters. The second-order valence-corrected chi connectivity index (χ2v) is 5.63. The van der Waals surface area contributed by atoms with Gasteiger partial charge in [0.15, 0.2) is 0 Å². The van der Waals surface area contributed by atoms with Crippen LogP contribution >= 0.6 is 15.9 Å². The quantitative estimate of drug-likeness (QED) is 0.752. The maximum absolute atomic E-state index is 4.65. The summed E-state index contributed by atoms with van der Waals surface area (Å²) in [6.45, 7) is 4.51. The average Bonchev–Trinajstić information content (AvgIpc) is 2.30. The fraction of sp³-hybridized carbons (Fsp3) is 0.500. The number of hydrazone groups is 1. The molecule has 1 aliphatic heterocycles. The van der Waals surface area contributed by atoms with E-state index < -0.39 is 0 Å². The molecular weight excluding hydrogens is 276 g/mol. The Kier molecular flexibility index (Phi) is 4.21.